The molecule has 1 aliphatic rings. The first-order chi connectivity index (χ1) is 9.98. The minimum atomic E-state index is -2.84. The normalized spacial score (nSPS) is 21.1. The molecule has 118 valence electrons. The third kappa shape index (κ3) is 5.60. The first kappa shape index (κ1) is 16.8. The minimum Gasteiger partial charge on any atom is -0.466 e. The summed E-state index contributed by atoms with van der Waals surface area (Å²) in [5.74, 6) is 1.34. The average molecular weight is 349 g/mol. The van der Waals surface area contributed by atoms with Crippen molar-refractivity contribution in [1.29, 1.82) is 0 Å². The number of thioether (sulfide) groups is 1. The van der Waals surface area contributed by atoms with Crippen LogP contribution in [0.15, 0.2) is 9.72 Å². The van der Waals surface area contributed by atoms with Gasteiger partial charge in [0.2, 0.25) is 0 Å². The number of ether oxygens (including phenoxy) is 1. The molecule has 0 aliphatic carbocycles. The van der Waals surface area contributed by atoms with Crippen LogP contribution in [0.1, 0.15) is 25.5 Å². The van der Waals surface area contributed by atoms with Crippen LogP contribution in [0.5, 0.6) is 0 Å². The van der Waals surface area contributed by atoms with Gasteiger partial charge in [0.25, 0.3) is 0 Å². The van der Waals surface area contributed by atoms with Crippen molar-refractivity contribution in [2.45, 2.75) is 30.5 Å². The Kier molecular flexibility index (Phi) is 6.07. The number of sulfone groups is 1. The van der Waals surface area contributed by atoms with Gasteiger partial charge in [-0.15, -0.1) is 11.3 Å². The van der Waals surface area contributed by atoms with Gasteiger partial charge < -0.3 is 4.74 Å². The van der Waals surface area contributed by atoms with E-state index in [2.05, 4.69) is 4.98 Å². The summed E-state index contributed by atoms with van der Waals surface area (Å²) in [5.41, 5.74) is 0.720. The molecule has 21 heavy (non-hydrogen) atoms. The molecule has 1 aliphatic heterocycles. The fourth-order valence-corrected chi connectivity index (χ4v) is 6.17. The SMILES string of the molecule is CCOC(=O)Cc1csc(SC[C@H]2CCCS(=O)(=O)C2)n1. The molecule has 5 nitrogen and oxygen atoms in total. The van der Waals surface area contributed by atoms with E-state index in [1.807, 2.05) is 5.38 Å². The molecular formula is C13H19NO4S3. The average Bonchev–Trinajstić information content (AvgIpc) is 2.83. The maximum Gasteiger partial charge on any atom is 0.311 e. The number of hydrogen-bond acceptors (Lipinski definition) is 7. The summed E-state index contributed by atoms with van der Waals surface area (Å²) in [7, 11) is -2.84. The molecule has 0 bridgehead atoms. The van der Waals surface area contributed by atoms with E-state index in [-0.39, 0.29) is 18.3 Å². The number of esters is 1. The molecular weight excluding hydrogens is 330 g/mol. The Morgan fingerprint density at radius 1 is 1.57 bits per heavy atom. The molecule has 1 saturated heterocycles. The highest BCUT2D eigenvalue weighted by atomic mass is 32.2. The van der Waals surface area contributed by atoms with E-state index in [0.717, 1.165) is 28.6 Å². The summed E-state index contributed by atoms with van der Waals surface area (Å²) < 4.78 is 28.9. The van der Waals surface area contributed by atoms with Crippen molar-refractivity contribution in [2.24, 2.45) is 5.92 Å². The van der Waals surface area contributed by atoms with E-state index in [1.165, 1.54) is 11.3 Å². The van der Waals surface area contributed by atoms with Crippen LogP contribution in [-0.4, -0.2) is 43.2 Å². The van der Waals surface area contributed by atoms with Crippen LogP contribution in [0, 0.1) is 5.92 Å². The van der Waals surface area contributed by atoms with Crippen molar-refractivity contribution < 1.29 is 17.9 Å². The molecule has 0 radical (unpaired) electrons. The van der Waals surface area contributed by atoms with Gasteiger partial charge in [0.15, 0.2) is 9.84 Å². The number of carbonyl (C=O) groups excluding carboxylic acids is 1. The lowest BCUT2D eigenvalue weighted by Gasteiger charge is -2.20. The maximum absolute atomic E-state index is 11.6. The summed E-state index contributed by atoms with van der Waals surface area (Å²) in [6, 6.07) is 0. The zero-order valence-electron chi connectivity index (χ0n) is 11.9. The van der Waals surface area contributed by atoms with E-state index in [1.54, 1.807) is 18.7 Å². The van der Waals surface area contributed by atoms with Gasteiger partial charge in [-0.2, -0.15) is 0 Å². The Labute approximate surface area is 133 Å². The van der Waals surface area contributed by atoms with E-state index in [4.69, 9.17) is 4.74 Å². The van der Waals surface area contributed by atoms with Gasteiger partial charge in [-0.3, -0.25) is 4.79 Å². The second-order valence-corrected chi connectivity index (χ2v) is 9.37. The Morgan fingerprint density at radius 3 is 3.10 bits per heavy atom. The van der Waals surface area contributed by atoms with Crippen LogP contribution in [0.25, 0.3) is 0 Å². The van der Waals surface area contributed by atoms with Crippen LogP contribution in [0.4, 0.5) is 0 Å². The lowest BCUT2D eigenvalue weighted by Crippen LogP contribution is -2.26. The zero-order chi connectivity index (χ0) is 15.3. The molecule has 1 atom stereocenters. The number of thiazole rings is 1. The number of carbonyl (C=O) groups is 1. The third-order valence-electron chi connectivity index (χ3n) is 3.16. The Morgan fingerprint density at radius 2 is 2.38 bits per heavy atom. The molecule has 0 amide bonds. The fraction of sp³-hybridized carbons (Fsp3) is 0.692. The smallest absolute Gasteiger partial charge is 0.311 e. The van der Waals surface area contributed by atoms with Crippen molar-refractivity contribution in [2.75, 3.05) is 23.9 Å². The predicted molar refractivity (Wildman–Crippen MR) is 84.6 cm³/mol. The van der Waals surface area contributed by atoms with Gasteiger partial charge in [-0.25, -0.2) is 13.4 Å². The topological polar surface area (TPSA) is 73.3 Å². The van der Waals surface area contributed by atoms with Crippen molar-refractivity contribution in [1.82, 2.24) is 4.98 Å². The van der Waals surface area contributed by atoms with Gasteiger partial charge in [0, 0.05) is 11.1 Å². The van der Waals surface area contributed by atoms with Crippen molar-refractivity contribution in [3.05, 3.63) is 11.1 Å². The van der Waals surface area contributed by atoms with E-state index < -0.39 is 9.84 Å². The first-order valence-electron chi connectivity index (χ1n) is 6.92. The van der Waals surface area contributed by atoms with Crippen LogP contribution < -0.4 is 0 Å². The Balaban J connectivity index is 1.81. The van der Waals surface area contributed by atoms with Gasteiger partial charge in [0.05, 0.1) is 30.2 Å². The summed E-state index contributed by atoms with van der Waals surface area (Å²) >= 11 is 3.07. The first-order valence-corrected chi connectivity index (χ1v) is 10.6. The summed E-state index contributed by atoms with van der Waals surface area (Å²) in [6.07, 6.45) is 1.93. The van der Waals surface area contributed by atoms with E-state index in [9.17, 15) is 13.2 Å². The minimum absolute atomic E-state index is 0.197. The van der Waals surface area contributed by atoms with Crippen LogP contribution >= 0.6 is 23.1 Å². The van der Waals surface area contributed by atoms with Gasteiger partial charge in [-0.05, 0) is 25.7 Å². The number of rotatable bonds is 6. The second kappa shape index (κ2) is 7.60. The van der Waals surface area contributed by atoms with Crippen molar-refractivity contribution in [3.63, 3.8) is 0 Å². The highest BCUT2D eigenvalue weighted by molar-refractivity contribution is 8.01. The fourth-order valence-electron chi connectivity index (χ4n) is 2.23. The Hall–Kier alpha value is -0.600. The van der Waals surface area contributed by atoms with Gasteiger partial charge >= 0.3 is 5.97 Å². The van der Waals surface area contributed by atoms with Crippen LogP contribution in [0.3, 0.4) is 0 Å². The van der Waals surface area contributed by atoms with Gasteiger partial charge in [-0.1, -0.05) is 11.8 Å². The van der Waals surface area contributed by atoms with Gasteiger partial charge in [0.1, 0.15) is 4.34 Å². The molecule has 1 aromatic rings. The molecule has 1 fully saturated rings. The summed E-state index contributed by atoms with van der Waals surface area (Å²) in [4.78, 5) is 15.8. The highest BCUT2D eigenvalue weighted by Gasteiger charge is 2.25. The Bertz CT molecular complexity index is 582. The molecule has 0 unspecified atom stereocenters. The predicted octanol–water partition coefficient (Wildman–Crippen LogP) is 2.17. The quantitative estimate of drug-likeness (QED) is 0.579. The maximum atomic E-state index is 11.6. The number of aromatic nitrogens is 1. The molecule has 0 spiro atoms. The number of nitrogens with zero attached hydrogens (tertiary/aromatic N) is 1. The molecule has 0 saturated carbocycles. The summed E-state index contributed by atoms with van der Waals surface area (Å²) in [6.45, 7) is 2.15. The van der Waals surface area contributed by atoms with Crippen molar-refractivity contribution >= 4 is 38.9 Å². The largest absolute Gasteiger partial charge is 0.466 e. The van der Waals surface area contributed by atoms with Crippen molar-refractivity contribution in [3.8, 4) is 0 Å². The van der Waals surface area contributed by atoms with Crippen LogP contribution in [-0.2, 0) is 25.8 Å². The number of hydrogen-bond donors (Lipinski definition) is 0. The molecule has 1 aromatic heterocycles. The molecule has 0 aromatic carbocycles. The molecule has 8 heteroatoms. The highest BCUT2D eigenvalue weighted by Crippen LogP contribution is 2.29. The monoisotopic (exact) mass is 349 g/mol. The lowest BCUT2D eigenvalue weighted by molar-refractivity contribution is -0.142. The third-order valence-corrected chi connectivity index (χ3v) is 7.35. The molecule has 0 N–H and O–H groups in total. The second-order valence-electron chi connectivity index (χ2n) is 5.02. The lowest BCUT2D eigenvalue weighted by atomic mass is 10.1. The van der Waals surface area contributed by atoms with E-state index in [0.29, 0.717) is 18.1 Å². The standard InChI is InChI=1S/C13H19NO4S3/c1-2-18-12(15)6-11-8-20-13(14-11)19-7-10-4-3-5-21(16,17)9-10/h8,10H,2-7,9H2,1H3/t10-/m1/s1. The molecule has 2 heterocycles. The zero-order valence-corrected chi connectivity index (χ0v) is 14.4. The van der Waals surface area contributed by atoms with Crippen LogP contribution in [0.2, 0.25) is 0 Å². The molecule has 2 rings (SSSR count). The summed E-state index contributed by atoms with van der Waals surface area (Å²) in [5, 5.41) is 1.86. The van der Waals surface area contributed by atoms with E-state index >= 15 is 0 Å².